The summed E-state index contributed by atoms with van der Waals surface area (Å²) in [5.41, 5.74) is 5.60. The smallest absolute Gasteiger partial charge is 0.438 e. The van der Waals surface area contributed by atoms with Gasteiger partial charge in [0.2, 0.25) is 6.79 Å². The fraction of sp³-hybridized carbons (Fsp3) is 0.412. The lowest BCUT2D eigenvalue weighted by Crippen LogP contribution is -2.71. The standard InChI is InChI=1S/C17H19N5O9S2/c1-28-3-7-4-32-14-10(20-12(23)9(21-27)8-5-33-16(18)19-8)13(24)22(14)11(7)15(25)30-6-31-17(26)29-2/h5,10,14,27H,3-4,6H2,1-2H3,(H2,18,19)(H,20,23)/b21-9-/t10?,14-/m1/s1. The Morgan fingerprint density at radius 2 is 2.12 bits per heavy atom. The molecule has 4 N–H and O–H groups in total. The first kappa shape index (κ1) is 24.3. The van der Waals surface area contributed by atoms with Crippen molar-refractivity contribution in [3.05, 3.63) is 22.3 Å². The number of nitrogens with two attached hydrogens (primary N) is 1. The second-order valence-corrected chi connectivity index (χ2v) is 8.41. The second-order valence-electron chi connectivity index (χ2n) is 6.41. The van der Waals surface area contributed by atoms with Gasteiger partial charge in [-0.3, -0.25) is 14.5 Å². The van der Waals surface area contributed by atoms with Crippen molar-refractivity contribution < 1.29 is 43.3 Å². The maximum absolute atomic E-state index is 12.8. The highest BCUT2D eigenvalue weighted by Gasteiger charge is 2.54. The molecule has 1 aromatic rings. The Morgan fingerprint density at radius 3 is 2.73 bits per heavy atom. The molecule has 0 bridgehead atoms. The summed E-state index contributed by atoms with van der Waals surface area (Å²) in [6.07, 6.45) is -1.04. The molecule has 178 valence electrons. The number of oxime groups is 1. The van der Waals surface area contributed by atoms with Crippen LogP contribution in [0.25, 0.3) is 0 Å². The number of anilines is 1. The number of rotatable bonds is 8. The predicted octanol–water partition coefficient (Wildman–Crippen LogP) is -0.512. The molecule has 2 aliphatic heterocycles. The number of nitrogens with one attached hydrogen (secondary N) is 1. The molecule has 16 heteroatoms. The number of hydrogen-bond donors (Lipinski definition) is 3. The van der Waals surface area contributed by atoms with Crippen LogP contribution in [0.2, 0.25) is 0 Å². The van der Waals surface area contributed by atoms with E-state index < -0.39 is 47.9 Å². The van der Waals surface area contributed by atoms with Crippen LogP contribution in [0.15, 0.2) is 21.8 Å². The number of esters is 1. The third-order valence-corrected chi connectivity index (χ3v) is 6.47. The zero-order chi connectivity index (χ0) is 24.1. The third kappa shape index (κ3) is 5.01. The van der Waals surface area contributed by atoms with Crippen molar-refractivity contribution in [2.24, 2.45) is 5.16 Å². The van der Waals surface area contributed by atoms with E-state index in [9.17, 15) is 24.4 Å². The first-order valence-corrected chi connectivity index (χ1v) is 11.0. The van der Waals surface area contributed by atoms with E-state index in [2.05, 4.69) is 24.9 Å². The summed E-state index contributed by atoms with van der Waals surface area (Å²) >= 11 is 2.34. The van der Waals surface area contributed by atoms with E-state index >= 15 is 0 Å². The monoisotopic (exact) mass is 501 g/mol. The van der Waals surface area contributed by atoms with Crippen LogP contribution in [0, 0.1) is 0 Å². The van der Waals surface area contributed by atoms with Crippen LogP contribution in [-0.4, -0.2) is 89.5 Å². The number of nitrogens with zero attached hydrogens (tertiary/aromatic N) is 3. The van der Waals surface area contributed by atoms with E-state index in [1.807, 2.05) is 0 Å². The van der Waals surface area contributed by atoms with E-state index in [1.54, 1.807) is 0 Å². The Hall–Kier alpha value is -3.37. The summed E-state index contributed by atoms with van der Waals surface area (Å²) in [5.74, 6) is -2.04. The number of thiazole rings is 1. The number of methoxy groups -OCH3 is 2. The van der Waals surface area contributed by atoms with Crippen LogP contribution in [0.4, 0.5) is 9.93 Å². The van der Waals surface area contributed by atoms with Crippen LogP contribution >= 0.6 is 23.1 Å². The summed E-state index contributed by atoms with van der Waals surface area (Å²) in [5, 5.41) is 15.6. The summed E-state index contributed by atoms with van der Waals surface area (Å²) in [4.78, 5) is 54.1. The minimum absolute atomic E-state index is 0.0505. The van der Waals surface area contributed by atoms with Crippen molar-refractivity contribution in [2.75, 3.05) is 39.1 Å². The van der Waals surface area contributed by atoms with Gasteiger partial charge in [0, 0.05) is 18.2 Å². The van der Waals surface area contributed by atoms with Gasteiger partial charge in [-0.1, -0.05) is 5.16 Å². The van der Waals surface area contributed by atoms with Gasteiger partial charge in [-0.15, -0.1) is 23.1 Å². The molecule has 2 amide bonds. The molecule has 0 aromatic carbocycles. The summed E-state index contributed by atoms with van der Waals surface area (Å²) in [6.45, 7) is -0.669. The molecule has 0 saturated carbocycles. The maximum atomic E-state index is 12.8. The van der Waals surface area contributed by atoms with Gasteiger partial charge in [-0.25, -0.2) is 14.6 Å². The van der Waals surface area contributed by atoms with E-state index in [-0.39, 0.29) is 23.1 Å². The van der Waals surface area contributed by atoms with Crippen molar-refractivity contribution in [2.45, 2.75) is 11.4 Å². The molecule has 1 aromatic heterocycles. The van der Waals surface area contributed by atoms with Crippen molar-refractivity contribution in [1.29, 1.82) is 0 Å². The summed E-state index contributed by atoms with van der Waals surface area (Å²) in [7, 11) is 2.52. The number of hydrogen-bond acceptors (Lipinski definition) is 14. The van der Waals surface area contributed by atoms with Gasteiger partial charge >= 0.3 is 12.1 Å². The molecule has 0 spiro atoms. The van der Waals surface area contributed by atoms with Crippen molar-refractivity contribution in [3.63, 3.8) is 0 Å². The van der Waals surface area contributed by atoms with Crippen LogP contribution in [0.5, 0.6) is 0 Å². The van der Waals surface area contributed by atoms with Crippen molar-refractivity contribution in [1.82, 2.24) is 15.2 Å². The Labute approximate surface area is 194 Å². The van der Waals surface area contributed by atoms with Gasteiger partial charge in [0.25, 0.3) is 11.8 Å². The first-order valence-electron chi connectivity index (χ1n) is 9.10. The number of amides is 2. The lowest BCUT2D eigenvalue weighted by atomic mass is 10.0. The van der Waals surface area contributed by atoms with Gasteiger partial charge in [0.1, 0.15) is 22.8 Å². The zero-order valence-electron chi connectivity index (χ0n) is 17.3. The average molecular weight is 501 g/mol. The highest BCUT2D eigenvalue weighted by atomic mass is 32.2. The molecule has 0 radical (unpaired) electrons. The largest absolute Gasteiger partial charge is 0.510 e. The molecule has 14 nitrogen and oxygen atoms in total. The Kier molecular flexibility index (Phi) is 7.72. The van der Waals surface area contributed by atoms with Crippen LogP contribution in [-0.2, 0) is 33.3 Å². The Morgan fingerprint density at radius 1 is 1.36 bits per heavy atom. The number of fused-ring (bicyclic) bond motifs is 1. The molecule has 1 saturated heterocycles. The number of ether oxygens (including phenoxy) is 4. The lowest BCUT2D eigenvalue weighted by Gasteiger charge is -2.49. The third-order valence-electron chi connectivity index (χ3n) is 4.46. The maximum Gasteiger partial charge on any atom is 0.510 e. The molecule has 3 heterocycles. The average Bonchev–Trinajstić information content (AvgIpc) is 3.23. The van der Waals surface area contributed by atoms with Gasteiger partial charge in [0.05, 0.1) is 13.7 Å². The van der Waals surface area contributed by atoms with E-state index in [0.29, 0.717) is 11.3 Å². The van der Waals surface area contributed by atoms with E-state index in [0.717, 1.165) is 18.4 Å². The van der Waals surface area contributed by atoms with Gasteiger partial charge in [-0.2, -0.15) is 0 Å². The van der Waals surface area contributed by atoms with Crippen LogP contribution < -0.4 is 11.1 Å². The number of carbonyl (C=O) groups is 4. The summed E-state index contributed by atoms with van der Waals surface area (Å²) < 4.78 is 18.9. The molecule has 0 aliphatic carbocycles. The fourth-order valence-electron chi connectivity index (χ4n) is 3.03. The minimum Gasteiger partial charge on any atom is -0.438 e. The Balaban J connectivity index is 1.72. The van der Waals surface area contributed by atoms with Gasteiger partial charge < -0.3 is 35.2 Å². The Bertz CT molecular complexity index is 1020. The van der Waals surface area contributed by atoms with Crippen molar-refractivity contribution >= 4 is 57.9 Å². The highest BCUT2D eigenvalue weighted by molar-refractivity contribution is 8.00. The SMILES string of the molecule is COCC1=C(C(=O)OCOC(=O)OC)N2C(=O)C(NC(=O)/C(=N\O)c3csc(N)n3)[C@H]2SC1. The number of carbonyl (C=O) groups excluding carboxylic acids is 4. The first-order chi connectivity index (χ1) is 15.8. The normalized spacial score (nSPS) is 20.0. The van der Waals surface area contributed by atoms with E-state index in [4.69, 9.17) is 15.2 Å². The molecular formula is C17H19N5O9S2. The van der Waals surface area contributed by atoms with Crippen molar-refractivity contribution in [3.8, 4) is 0 Å². The van der Waals surface area contributed by atoms with Gasteiger partial charge in [-0.05, 0) is 5.57 Å². The highest BCUT2D eigenvalue weighted by Crippen LogP contribution is 2.40. The van der Waals surface area contributed by atoms with Crippen LogP contribution in [0.1, 0.15) is 5.69 Å². The topological polar surface area (TPSA) is 192 Å². The van der Waals surface area contributed by atoms with Crippen LogP contribution in [0.3, 0.4) is 0 Å². The summed E-state index contributed by atoms with van der Waals surface area (Å²) in [6, 6.07) is -1.01. The molecule has 33 heavy (non-hydrogen) atoms. The fourth-order valence-corrected chi connectivity index (χ4v) is 4.91. The quantitative estimate of drug-likeness (QED) is 0.103. The molecule has 1 unspecified atom stereocenters. The molecule has 2 aliphatic rings. The lowest BCUT2D eigenvalue weighted by molar-refractivity contribution is -0.157. The van der Waals surface area contributed by atoms with Gasteiger partial charge in [0.15, 0.2) is 10.8 Å². The molecular weight excluding hydrogens is 482 g/mol. The number of nitrogen functional groups attached to an aromatic ring is 1. The number of β-lactam (4-membered cyclic amide) rings is 1. The molecule has 2 atom stereocenters. The number of aromatic nitrogens is 1. The van der Waals surface area contributed by atoms with E-state index in [1.165, 1.54) is 29.2 Å². The minimum atomic E-state index is -1.04. The number of thioether (sulfide) groups is 1. The second kappa shape index (κ2) is 10.5. The predicted molar refractivity (Wildman–Crippen MR) is 113 cm³/mol. The molecule has 3 rings (SSSR count). The zero-order valence-corrected chi connectivity index (χ0v) is 18.9. The molecule has 1 fully saturated rings.